The number of amides is 2. The molecule has 226 valence electrons. The van der Waals surface area contributed by atoms with Gasteiger partial charge in [0, 0.05) is 12.6 Å². The van der Waals surface area contributed by atoms with Gasteiger partial charge in [0.25, 0.3) is 5.92 Å². The highest BCUT2D eigenvalue weighted by Gasteiger charge is 2.54. The summed E-state index contributed by atoms with van der Waals surface area (Å²) in [4.78, 5) is 27.3. The molecule has 3 rings (SSSR count). The van der Waals surface area contributed by atoms with E-state index in [4.69, 9.17) is 19.9 Å². The lowest BCUT2D eigenvalue weighted by Crippen LogP contribution is -2.47. The Morgan fingerprint density at radius 2 is 1.68 bits per heavy atom. The van der Waals surface area contributed by atoms with Crippen molar-refractivity contribution < 1.29 is 37.0 Å². The van der Waals surface area contributed by atoms with Crippen molar-refractivity contribution in [3.05, 3.63) is 53.8 Å². The van der Waals surface area contributed by atoms with E-state index in [2.05, 4.69) is 0 Å². The summed E-state index contributed by atoms with van der Waals surface area (Å²) >= 11 is 0. The molecule has 0 unspecified atom stereocenters. The van der Waals surface area contributed by atoms with E-state index in [0.717, 1.165) is 4.90 Å². The van der Waals surface area contributed by atoms with Gasteiger partial charge in [0.05, 0.1) is 25.2 Å². The van der Waals surface area contributed by atoms with Crippen molar-refractivity contribution in [2.24, 2.45) is 5.73 Å². The zero-order chi connectivity index (χ0) is 30.8. The molecule has 2 atom stereocenters. The molecule has 0 bridgehead atoms. The molecule has 1 saturated heterocycles. The van der Waals surface area contributed by atoms with Crippen LogP contribution in [0.15, 0.2) is 42.5 Å². The van der Waals surface area contributed by atoms with E-state index in [1.54, 1.807) is 78.9 Å². The minimum absolute atomic E-state index is 0.000224. The summed E-state index contributed by atoms with van der Waals surface area (Å²) < 4.78 is 60.6. The average Bonchev–Trinajstić information content (AvgIpc) is 3.06. The zero-order valence-electron chi connectivity index (χ0n) is 24.7. The van der Waals surface area contributed by atoms with Crippen molar-refractivity contribution >= 4 is 12.2 Å². The molecule has 8 nitrogen and oxygen atoms in total. The Morgan fingerprint density at radius 3 is 2.32 bits per heavy atom. The van der Waals surface area contributed by atoms with E-state index in [1.165, 1.54) is 17.0 Å². The predicted molar refractivity (Wildman–Crippen MR) is 150 cm³/mol. The first-order valence-electron chi connectivity index (χ1n) is 13.5. The number of likely N-dealkylation sites (tertiary alicyclic amines) is 1. The molecule has 41 heavy (non-hydrogen) atoms. The van der Waals surface area contributed by atoms with E-state index in [9.17, 15) is 22.8 Å². The van der Waals surface area contributed by atoms with Crippen LogP contribution in [0.5, 0.6) is 5.75 Å². The number of carbonyl (C=O) groups excluding carboxylic acids is 2. The van der Waals surface area contributed by atoms with Crippen LogP contribution in [0, 0.1) is 5.82 Å². The minimum Gasteiger partial charge on any atom is -0.488 e. The molecule has 1 heterocycles. The van der Waals surface area contributed by atoms with E-state index in [1.807, 2.05) is 0 Å². The van der Waals surface area contributed by atoms with Crippen molar-refractivity contribution in [3.8, 4) is 16.9 Å². The van der Waals surface area contributed by atoms with Gasteiger partial charge in [-0.05, 0) is 65.2 Å². The third-order valence-electron chi connectivity index (χ3n) is 6.34. The topological polar surface area (TPSA) is 94.3 Å². The number of nitrogens with zero attached hydrogens (tertiary/aromatic N) is 2. The molecule has 1 fully saturated rings. The molecule has 2 amide bonds. The molecule has 0 saturated carbocycles. The van der Waals surface area contributed by atoms with Crippen LogP contribution in [-0.2, 0) is 15.9 Å². The monoisotopic (exact) mass is 579 g/mol. The Hall–Kier alpha value is -3.47. The predicted octanol–water partition coefficient (Wildman–Crippen LogP) is 5.86. The summed E-state index contributed by atoms with van der Waals surface area (Å²) in [6.45, 7) is 9.56. The standard InChI is InChI=1S/C30H40F3N3O5/c1-28(2,3)40-26(37)35(7)14-15-39-24-21(12-9-13-22(24)31)20-11-8-10-19(16-20)17-23-25(34)30(32,33)18-36(23)27(38)41-29(4,5)6/h8-13,16,23,25H,14-15,17-18,34H2,1-7H3/t23-,25+/m0/s1. The molecule has 2 aromatic carbocycles. The SMILES string of the molecule is CN(CCOc1c(F)cccc1-c1cccc(C[C@H]2[C@@H](N)C(F)(F)CN2C(=O)OC(C)(C)C)c1)C(=O)OC(C)(C)C. The molecule has 0 spiro atoms. The minimum atomic E-state index is -3.28. The van der Waals surface area contributed by atoms with Gasteiger partial charge < -0.3 is 24.8 Å². The highest BCUT2D eigenvalue weighted by molar-refractivity contribution is 5.72. The number of rotatable bonds is 7. The number of likely N-dealkylation sites (N-methyl/N-ethyl adjacent to an activating group) is 1. The number of hydrogen-bond acceptors (Lipinski definition) is 6. The van der Waals surface area contributed by atoms with Gasteiger partial charge in [-0.2, -0.15) is 0 Å². The summed E-state index contributed by atoms with van der Waals surface area (Å²) in [6.07, 6.45) is -1.35. The first kappa shape index (κ1) is 32.0. The van der Waals surface area contributed by atoms with Gasteiger partial charge in [-0.3, -0.25) is 4.90 Å². The van der Waals surface area contributed by atoms with Crippen LogP contribution in [0.25, 0.3) is 11.1 Å². The summed E-state index contributed by atoms with van der Waals surface area (Å²) in [5, 5.41) is 0. The van der Waals surface area contributed by atoms with Gasteiger partial charge in [-0.25, -0.2) is 22.8 Å². The van der Waals surface area contributed by atoms with Crippen molar-refractivity contribution in [2.45, 2.75) is 77.2 Å². The van der Waals surface area contributed by atoms with Crippen LogP contribution < -0.4 is 10.5 Å². The van der Waals surface area contributed by atoms with Crippen LogP contribution >= 0.6 is 0 Å². The number of hydrogen-bond donors (Lipinski definition) is 1. The molecule has 0 radical (unpaired) electrons. The maximum atomic E-state index is 14.9. The molecular formula is C30H40F3N3O5. The molecule has 2 aromatic rings. The Bertz CT molecular complexity index is 1240. The number of halogens is 3. The highest BCUT2D eigenvalue weighted by atomic mass is 19.3. The summed E-state index contributed by atoms with van der Waals surface area (Å²) in [5.74, 6) is -3.89. The van der Waals surface area contributed by atoms with Gasteiger partial charge >= 0.3 is 12.2 Å². The average molecular weight is 580 g/mol. The number of benzene rings is 2. The van der Waals surface area contributed by atoms with Crippen LogP contribution in [0.3, 0.4) is 0 Å². The van der Waals surface area contributed by atoms with Crippen molar-refractivity contribution in [2.75, 3.05) is 26.7 Å². The van der Waals surface area contributed by atoms with Crippen LogP contribution in [0.2, 0.25) is 0 Å². The van der Waals surface area contributed by atoms with Crippen molar-refractivity contribution in [1.29, 1.82) is 0 Å². The molecule has 11 heteroatoms. The number of ether oxygens (including phenoxy) is 3. The third kappa shape index (κ3) is 8.51. The van der Waals surface area contributed by atoms with Gasteiger partial charge in [-0.15, -0.1) is 0 Å². The fraction of sp³-hybridized carbons (Fsp3) is 0.533. The Morgan fingerprint density at radius 1 is 1.05 bits per heavy atom. The second-order valence-corrected chi connectivity index (χ2v) is 12.2. The number of alkyl halides is 2. The van der Waals surface area contributed by atoms with Gasteiger partial charge in [0.1, 0.15) is 17.8 Å². The maximum absolute atomic E-state index is 14.9. The molecule has 1 aliphatic rings. The second kappa shape index (κ2) is 12.2. The Balaban J connectivity index is 1.80. The fourth-order valence-electron chi connectivity index (χ4n) is 4.39. The lowest BCUT2D eigenvalue weighted by Gasteiger charge is -2.29. The second-order valence-electron chi connectivity index (χ2n) is 12.2. The van der Waals surface area contributed by atoms with E-state index in [0.29, 0.717) is 16.7 Å². The number of para-hydroxylation sites is 1. The lowest BCUT2D eigenvalue weighted by atomic mass is 9.96. The zero-order valence-corrected chi connectivity index (χ0v) is 24.7. The van der Waals surface area contributed by atoms with E-state index in [-0.39, 0.29) is 25.3 Å². The normalized spacial score (nSPS) is 18.7. The molecule has 0 aromatic heterocycles. The van der Waals surface area contributed by atoms with Gasteiger partial charge in [0.2, 0.25) is 0 Å². The number of nitrogens with two attached hydrogens (primary N) is 1. The first-order chi connectivity index (χ1) is 18.9. The van der Waals surface area contributed by atoms with Gasteiger partial charge in [-0.1, -0.05) is 36.4 Å². The lowest BCUT2D eigenvalue weighted by molar-refractivity contribution is -0.00942. The number of carbonyl (C=O) groups is 2. The van der Waals surface area contributed by atoms with Gasteiger partial charge in [0.15, 0.2) is 11.6 Å². The molecule has 0 aliphatic carbocycles. The largest absolute Gasteiger partial charge is 0.488 e. The maximum Gasteiger partial charge on any atom is 0.410 e. The van der Waals surface area contributed by atoms with Crippen LogP contribution in [0.4, 0.5) is 22.8 Å². The summed E-state index contributed by atoms with van der Waals surface area (Å²) in [6, 6.07) is 8.79. The molecule has 1 aliphatic heterocycles. The van der Waals surface area contributed by atoms with Crippen molar-refractivity contribution in [3.63, 3.8) is 0 Å². The Kier molecular flexibility index (Phi) is 9.52. The van der Waals surface area contributed by atoms with Crippen LogP contribution in [-0.4, -0.2) is 77.9 Å². The summed E-state index contributed by atoms with van der Waals surface area (Å²) in [5.41, 5.74) is 6.05. The molecular weight excluding hydrogens is 539 g/mol. The quantitative estimate of drug-likeness (QED) is 0.442. The molecule has 2 N–H and O–H groups in total. The van der Waals surface area contributed by atoms with E-state index >= 15 is 0 Å². The van der Waals surface area contributed by atoms with E-state index < -0.39 is 53.8 Å². The summed E-state index contributed by atoms with van der Waals surface area (Å²) in [7, 11) is 1.56. The van der Waals surface area contributed by atoms with Crippen LogP contribution in [0.1, 0.15) is 47.1 Å². The van der Waals surface area contributed by atoms with Crippen molar-refractivity contribution in [1.82, 2.24) is 9.80 Å². The smallest absolute Gasteiger partial charge is 0.410 e. The fourth-order valence-corrected chi connectivity index (χ4v) is 4.39. The highest BCUT2D eigenvalue weighted by Crippen LogP contribution is 2.36. The first-order valence-corrected chi connectivity index (χ1v) is 13.5. The third-order valence-corrected chi connectivity index (χ3v) is 6.34. The Labute approximate surface area is 239 Å².